The third-order valence-electron chi connectivity index (χ3n) is 1.73. The fraction of sp³-hybridized carbons (Fsp3) is 0.143. The van der Waals surface area contributed by atoms with Crippen molar-refractivity contribution in [2.75, 3.05) is 0 Å². The van der Waals surface area contributed by atoms with E-state index in [1.165, 1.54) is 11.1 Å². The van der Waals surface area contributed by atoms with Crippen molar-refractivity contribution in [2.45, 2.75) is 13.8 Å². The van der Waals surface area contributed by atoms with Gasteiger partial charge in [0.25, 0.3) is 0 Å². The third-order valence-corrected chi connectivity index (χ3v) is 1.73. The first kappa shape index (κ1) is 17.6. The summed E-state index contributed by atoms with van der Waals surface area (Å²) in [7, 11) is 0. The number of hydrogen-bond acceptors (Lipinski definition) is 0. The molecule has 0 N–H and O–H groups in total. The molecule has 2 aromatic rings. The molecule has 0 aliphatic heterocycles. The second-order valence-corrected chi connectivity index (χ2v) is 16.3. The number of aryl methyl sites for hydroxylation is 2. The van der Waals surface area contributed by atoms with Crippen molar-refractivity contribution < 1.29 is 11.7 Å². The van der Waals surface area contributed by atoms with Crippen molar-refractivity contribution >= 4 is 38.4 Å². The Balaban J connectivity index is 0.000000247. The molecule has 0 aliphatic rings. The van der Waals surface area contributed by atoms with Gasteiger partial charge in [0.1, 0.15) is 0 Å². The first-order valence-electron chi connectivity index (χ1n) is 5.03. The summed E-state index contributed by atoms with van der Waals surface area (Å²) in [6, 6.07) is 21.9. The van der Waals surface area contributed by atoms with Crippen LogP contribution in [0.5, 0.6) is 0 Å². The minimum absolute atomic E-state index is 0.440. The van der Waals surface area contributed by atoms with E-state index >= 15 is 0 Å². The second kappa shape index (κ2) is 13.1. The van der Waals surface area contributed by atoms with Crippen LogP contribution in [-0.2, 0) is 11.7 Å². The van der Waals surface area contributed by atoms with Crippen molar-refractivity contribution in [1.82, 2.24) is 0 Å². The number of benzene rings is 2. The molecule has 0 bridgehead atoms. The SMILES string of the molecule is Cc1[c-]cccc1.Cc1[c-]cccc1.[I][Ti][I]. The van der Waals surface area contributed by atoms with Crippen LogP contribution in [0.25, 0.3) is 0 Å². The minimum atomic E-state index is 0.440. The van der Waals surface area contributed by atoms with Gasteiger partial charge in [0.2, 0.25) is 0 Å². The van der Waals surface area contributed by atoms with Crippen LogP contribution in [0.3, 0.4) is 0 Å². The number of halogens is 2. The van der Waals surface area contributed by atoms with Gasteiger partial charge in [-0.15, -0.1) is 0 Å². The van der Waals surface area contributed by atoms with E-state index in [4.69, 9.17) is 0 Å². The van der Waals surface area contributed by atoms with Crippen LogP contribution in [0.15, 0.2) is 48.5 Å². The van der Waals surface area contributed by atoms with Crippen LogP contribution in [-0.4, -0.2) is 0 Å². The Kier molecular flexibility index (Phi) is 13.5. The zero-order chi connectivity index (χ0) is 12.9. The molecule has 0 heterocycles. The molecule has 90 valence electrons. The summed E-state index contributed by atoms with van der Waals surface area (Å²) in [5.74, 6) is 0. The Morgan fingerprint density at radius 2 is 1.18 bits per heavy atom. The Morgan fingerprint density at radius 1 is 0.824 bits per heavy atom. The molecule has 0 amide bonds. The molecule has 3 heteroatoms. The summed E-state index contributed by atoms with van der Waals surface area (Å²) < 4.78 is 0. The maximum absolute atomic E-state index is 3.03. The molecule has 0 atom stereocenters. The molecular formula is C14H14I2Ti-2. The van der Waals surface area contributed by atoms with Gasteiger partial charge in [-0.05, 0) is 0 Å². The van der Waals surface area contributed by atoms with Crippen LogP contribution in [0.4, 0.5) is 0 Å². The quantitative estimate of drug-likeness (QED) is 0.269. The Morgan fingerprint density at radius 3 is 1.29 bits per heavy atom. The van der Waals surface area contributed by atoms with E-state index < -0.39 is 0 Å². The molecule has 0 fully saturated rings. The van der Waals surface area contributed by atoms with E-state index in [1.807, 2.05) is 62.4 Å². The average Bonchev–Trinajstić information content (AvgIpc) is 2.33. The monoisotopic (exact) mass is 484 g/mol. The molecule has 0 aromatic heterocycles. The molecule has 0 radical (unpaired) electrons. The number of hydrogen-bond donors (Lipinski definition) is 0. The van der Waals surface area contributed by atoms with Crippen molar-refractivity contribution in [3.63, 3.8) is 0 Å². The van der Waals surface area contributed by atoms with Gasteiger partial charge in [0, 0.05) is 0 Å². The molecule has 0 saturated heterocycles. The van der Waals surface area contributed by atoms with Crippen molar-refractivity contribution in [3.8, 4) is 0 Å². The van der Waals surface area contributed by atoms with Gasteiger partial charge in [-0.2, -0.15) is 71.8 Å². The molecular weight excluding hydrogens is 470 g/mol. The van der Waals surface area contributed by atoms with E-state index in [1.54, 1.807) is 0 Å². The van der Waals surface area contributed by atoms with Crippen molar-refractivity contribution in [1.29, 1.82) is 0 Å². The maximum atomic E-state index is 3.03. The zero-order valence-electron chi connectivity index (χ0n) is 9.87. The van der Waals surface area contributed by atoms with Gasteiger partial charge in [-0.25, -0.2) is 0 Å². The fourth-order valence-electron chi connectivity index (χ4n) is 0.966. The van der Waals surface area contributed by atoms with Gasteiger partial charge < -0.3 is 0 Å². The standard InChI is InChI=1S/2C7H7.2HI.Ti/c2*1-7-5-3-2-4-6-7;;;/h2*2-5H,1H3;2*1H;/q2*-1;;;+2/p-2. The molecule has 2 aromatic carbocycles. The third kappa shape index (κ3) is 12.9. The first-order valence-corrected chi connectivity index (χ1v) is 15.1. The van der Waals surface area contributed by atoms with Crippen LogP contribution in [0.2, 0.25) is 0 Å². The second-order valence-electron chi connectivity index (χ2n) is 3.16. The van der Waals surface area contributed by atoms with E-state index in [0.717, 1.165) is 0 Å². The normalized spacial score (nSPS) is 8.00. The van der Waals surface area contributed by atoms with Crippen LogP contribution in [0, 0.1) is 26.0 Å². The summed E-state index contributed by atoms with van der Waals surface area (Å²) in [6.45, 7) is 4.06. The fourth-order valence-corrected chi connectivity index (χ4v) is 0.966. The Bertz CT molecular complexity index is 325. The van der Waals surface area contributed by atoms with E-state index in [2.05, 4.69) is 50.5 Å². The Labute approximate surface area is 134 Å². The van der Waals surface area contributed by atoms with Crippen LogP contribution in [0.1, 0.15) is 11.1 Å². The average molecular weight is 484 g/mol. The summed E-state index contributed by atoms with van der Waals surface area (Å²) in [5.41, 5.74) is 2.39. The molecule has 0 nitrogen and oxygen atoms in total. The summed E-state index contributed by atoms with van der Waals surface area (Å²) in [5, 5.41) is 0. The van der Waals surface area contributed by atoms with Crippen molar-refractivity contribution in [2.24, 2.45) is 0 Å². The van der Waals surface area contributed by atoms with Gasteiger partial charge in [-0.1, -0.05) is 13.8 Å². The molecule has 0 saturated carbocycles. The molecule has 0 unspecified atom stereocenters. The van der Waals surface area contributed by atoms with E-state index in [9.17, 15) is 0 Å². The molecule has 17 heavy (non-hydrogen) atoms. The van der Waals surface area contributed by atoms with Crippen LogP contribution >= 0.6 is 38.4 Å². The summed E-state index contributed by atoms with van der Waals surface area (Å²) in [4.78, 5) is 0. The first-order chi connectivity index (χ1) is 8.20. The van der Waals surface area contributed by atoms with Crippen LogP contribution < -0.4 is 0 Å². The van der Waals surface area contributed by atoms with E-state index in [0.29, 0.717) is 11.7 Å². The van der Waals surface area contributed by atoms with Gasteiger partial charge in [0.05, 0.1) is 0 Å². The summed E-state index contributed by atoms with van der Waals surface area (Å²) >= 11 is 5.24. The Hall–Kier alpha value is 0.614. The molecule has 0 spiro atoms. The van der Waals surface area contributed by atoms with E-state index in [-0.39, 0.29) is 0 Å². The number of rotatable bonds is 0. The topological polar surface area (TPSA) is 0 Å². The molecule has 2 rings (SSSR count). The van der Waals surface area contributed by atoms with Gasteiger partial charge >= 0.3 is 50.0 Å². The van der Waals surface area contributed by atoms with Gasteiger partial charge in [-0.3, -0.25) is 0 Å². The predicted molar refractivity (Wildman–Crippen MR) is 88.1 cm³/mol. The summed E-state index contributed by atoms with van der Waals surface area (Å²) in [6.07, 6.45) is 0. The van der Waals surface area contributed by atoms with Gasteiger partial charge in [0.15, 0.2) is 0 Å². The molecule has 0 aliphatic carbocycles. The van der Waals surface area contributed by atoms with Crippen molar-refractivity contribution in [3.05, 3.63) is 71.8 Å². The predicted octanol–water partition coefficient (Wildman–Crippen LogP) is 5.36. The zero-order valence-corrected chi connectivity index (χ0v) is 15.8.